The number of aliphatic hydroxyl groups is 1. The predicted molar refractivity (Wildman–Crippen MR) is 139 cm³/mol. The third kappa shape index (κ3) is 7.07. The fraction of sp³-hybridized carbons (Fsp3) is 0.464. The molecule has 0 aliphatic carbocycles. The van der Waals surface area contributed by atoms with Crippen molar-refractivity contribution in [3.63, 3.8) is 0 Å². The van der Waals surface area contributed by atoms with Crippen LogP contribution in [0.5, 0.6) is 17.4 Å². The molecular weight excluding hydrogens is 442 g/mol. The number of aromatic nitrogens is 2. The summed E-state index contributed by atoms with van der Waals surface area (Å²) in [4.78, 5) is 2.27. The SMILES string of the molecule is CC[C@H](C)N(Cc1c(-c2ccccc2)nn(C)c1Oc1ccccc1OC)C[C@@H](O)COC(C)C. The second-order valence-corrected chi connectivity index (χ2v) is 9.10. The standard InChI is InChI=1S/C28H39N3O4/c1-7-21(4)31(17-23(32)19-34-20(2)3)18-24-27(22-13-9-8-10-14-22)29-30(5)28(24)35-26-16-12-11-15-25(26)33-6/h8-16,20-21,23,32H,7,17-19H2,1-6H3/t21-,23+/m0/s1. The molecule has 7 nitrogen and oxygen atoms in total. The molecule has 0 radical (unpaired) electrons. The zero-order chi connectivity index (χ0) is 25.4. The van der Waals surface area contributed by atoms with E-state index in [1.54, 1.807) is 11.8 Å². The first-order valence-electron chi connectivity index (χ1n) is 12.3. The summed E-state index contributed by atoms with van der Waals surface area (Å²) in [5, 5.41) is 15.6. The second-order valence-electron chi connectivity index (χ2n) is 9.10. The zero-order valence-corrected chi connectivity index (χ0v) is 21.8. The molecule has 1 aromatic heterocycles. The molecule has 0 saturated carbocycles. The lowest BCUT2D eigenvalue weighted by Crippen LogP contribution is -2.40. The van der Waals surface area contributed by atoms with Gasteiger partial charge in [-0.15, -0.1) is 0 Å². The van der Waals surface area contributed by atoms with Gasteiger partial charge in [0.2, 0.25) is 5.88 Å². The highest BCUT2D eigenvalue weighted by molar-refractivity contribution is 5.66. The van der Waals surface area contributed by atoms with Gasteiger partial charge in [-0.1, -0.05) is 49.4 Å². The van der Waals surface area contributed by atoms with E-state index in [-0.39, 0.29) is 12.1 Å². The molecule has 0 bridgehead atoms. The number of para-hydroxylation sites is 2. The van der Waals surface area contributed by atoms with Crippen LogP contribution in [0, 0.1) is 0 Å². The fourth-order valence-corrected chi connectivity index (χ4v) is 3.95. The molecule has 7 heteroatoms. The number of hydrogen-bond acceptors (Lipinski definition) is 6. The molecule has 3 aromatic rings. The molecule has 0 amide bonds. The van der Waals surface area contributed by atoms with E-state index in [9.17, 15) is 5.11 Å². The monoisotopic (exact) mass is 481 g/mol. The summed E-state index contributed by atoms with van der Waals surface area (Å²) < 4.78 is 19.4. The normalized spacial score (nSPS) is 13.3. The van der Waals surface area contributed by atoms with Crippen molar-refractivity contribution in [2.75, 3.05) is 20.3 Å². The lowest BCUT2D eigenvalue weighted by Gasteiger charge is -2.31. The first-order valence-corrected chi connectivity index (χ1v) is 12.3. The van der Waals surface area contributed by atoms with Crippen LogP contribution in [0.25, 0.3) is 11.3 Å². The molecule has 2 aromatic carbocycles. The minimum absolute atomic E-state index is 0.0746. The van der Waals surface area contributed by atoms with E-state index in [1.165, 1.54) is 0 Å². The maximum atomic E-state index is 10.7. The lowest BCUT2D eigenvalue weighted by molar-refractivity contribution is -0.0149. The summed E-state index contributed by atoms with van der Waals surface area (Å²) in [6.45, 7) is 9.63. The fourth-order valence-electron chi connectivity index (χ4n) is 3.95. The number of hydrogen-bond donors (Lipinski definition) is 1. The van der Waals surface area contributed by atoms with Crippen LogP contribution in [-0.4, -0.2) is 58.3 Å². The highest BCUT2D eigenvalue weighted by atomic mass is 16.5. The van der Waals surface area contributed by atoms with Crippen molar-refractivity contribution in [3.8, 4) is 28.6 Å². The summed E-state index contributed by atoms with van der Waals surface area (Å²) in [5.41, 5.74) is 2.84. The smallest absolute Gasteiger partial charge is 0.222 e. The van der Waals surface area contributed by atoms with Crippen LogP contribution in [-0.2, 0) is 18.3 Å². The number of rotatable bonds is 13. The Balaban J connectivity index is 2.00. The van der Waals surface area contributed by atoms with Crippen molar-refractivity contribution < 1.29 is 19.3 Å². The van der Waals surface area contributed by atoms with E-state index in [2.05, 4.69) is 30.9 Å². The molecule has 0 saturated heterocycles. The Kier molecular flexibility index (Phi) is 9.72. The zero-order valence-electron chi connectivity index (χ0n) is 21.8. The van der Waals surface area contributed by atoms with Gasteiger partial charge in [0.25, 0.3) is 0 Å². The molecule has 0 unspecified atom stereocenters. The highest BCUT2D eigenvalue weighted by Gasteiger charge is 2.26. The average Bonchev–Trinajstić information content (AvgIpc) is 3.17. The third-order valence-corrected chi connectivity index (χ3v) is 6.05. The first kappa shape index (κ1) is 26.7. The molecule has 2 atom stereocenters. The van der Waals surface area contributed by atoms with E-state index in [0.29, 0.717) is 37.1 Å². The number of aliphatic hydroxyl groups excluding tert-OH is 1. The summed E-state index contributed by atoms with van der Waals surface area (Å²) in [6.07, 6.45) is 0.425. The maximum Gasteiger partial charge on any atom is 0.222 e. The van der Waals surface area contributed by atoms with Gasteiger partial charge in [0.05, 0.1) is 31.5 Å². The Labute approximate surface area is 209 Å². The molecule has 1 heterocycles. The summed E-state index contributed by atoms with van der Waals surface area (Å²) in [5.74, 6) is 1.93. The molecule has 0 aliphatic rings. The molecule has 0 fully saturated rings. The number of aryl methyl sites for hydroxylation is 1. The van der Waals surface area contributed by atoms with Crippen LogP contribution in [0.1, 0.15) is 39.7 Å². The number of ether oxygens (including phenoxy) is 3. The molecular formula is C28H39N3O4. The van der Waals surface area contributed by atoms with Crippen LogP contribution >= 0.6 is 0 Å². The number of methoxy groups -OCH3 is 1. The molecule has 190 valence electrons. The topological polar surface area (TPSA) is 69.0 Å². The van der Waals surface area contributed by atoms with Crippen molar-refractivity contribution >= 4 is 0 Å². The van der Waals surface area contributed by atoms with Gasteiger partial charge in [0, 0.05) is 31.7 Å². The Hall–Kier alpha value is -2.87. The van der Waals surface area contributed by atoms with Crippen LogP contribution in [0.4, 0.5) is 0 Å². The van der Waals surface area contributed by atoms with Crippen LogP contribution in [0.2, 0.25) is 0 Å². The van der Waals surface area contributed by atoms with E-state index in [1.807, 2.05) is 63.4 Å². The Morgan fingerprint density at radius 1 is 1.00 bits per heavy atom. The number of nitrogens with zero attached hydrogens (tertiary/aromatic N) is 3. The largest absolute Gasteiger partial charge is 0.493 e. The molecule has 1 N–H and O–H groups in total. The van der Waals surface area contributed by atoms with Crippen molar-refractivity contribution in [3.05, 3.63) is 60.2 Å². The lowest BCUT2D eigenvalue weighted by atomic mass is 10.1. The Bertz CT molecular complexity index is 1050. The van der Waals surface area contributed by atoms with Crippen LogP contribution in [0.3, 0.4) is 0 Å². The average molecular weight is 482 g/mol. The molecule has 0 spiro atoms. The van der Waals surface area contributed by atoms with E-state index < -0.39 is 6.10 Å². The van der Waals surface area contributed by atoms with Crippen molar-refractivity contribution in [1.82, 2.24) is 14.7 Å². The van der Waals surface area contributed by atoms with Gasteiger partial charge < -0.3 is 19.3 Å². The Morgan fingerprint density at radius 2 is 1.66 bits per heavy atom. The minimum atomic E-state index is -0.596. The highest BCUT2D eigenvalue weighted by Crippen LogP contribution is 2.37. The van der Waals surface area contributed by atoms with Gasteiger partial charge in [-0.25, -0.2) is 4.68 Å². The van der Waals surface area contributed by atoms with Crippen molar-refractivity contribution in [2.45, 2.75) is 58.9 Å². The van der Waals surface area contributed by atoms with Gasteiger partial charge in [0.1, 0.15) is 5.69 Å². The van der Waals surface area contributed by atoms with Crippen molar-refractivity contribution in [2.24, 2.45) is 7.05 Å². The van der Waals surface area contributed by atoms with Gasteiger partial charge >= 0.3 is 0 Å². The quantitative estimate of drug-likeness (QED) is 0.358. The Morgan fingerprint density at radius 3 is 2.29 bits per heavy atom. The molecule has 35 heavy (non-hydrogen) atoms. The third-order valence-electron chi connectivity index (χ3n) is 6.05. The number of benzene rings is 2. The second kappa shape index (κ2) is 12.7. The summed E-state index contributed by atoms with van der Waals surface area (Å²) in [6, 6.07) is 18.0. The summed E-state index contributed by atoms with van der Waals surface area (Å²) >= 11 is 0. The van der Waals surface area contributed by atoms with E-state index in [0.717, 1.165) is 23.2 Å². The minimum Gasteiger partial charge on any atom is -0.493 e. The van der Waals surface area contributed by atoms with E-state index in [4.69, 9.17) is 19.3 Å². The summed E-state index contributed by atoms with van der Waals surface area (Å²) in [7, 11) is 3.52. The van der Waals surface area contributed by atoms with Crippen LogP contribution in [0.15, 0.2) is 54.6 Å². The van der Waals surface area contributed by atoms with Crippen LogP contribution < -0.4 is 9.47 Å². The maximum absolute atomic E-state index is 10.7. The molecule has 3 rings (SSSR count). The van der Waals surface area contributed by atoms with Gasteiger partial charge in [-0.2, -0.15) is 5.10 Å². The van der Waals surface area contributed by atoms with Crippen molar-refractivity contribution in [1.29, 1.82) is 0 Å². The molecule has 0 aliphatic heterocycles. The predicted octanol–water partition coefficient (Wildman–Crippen LogP) is 5.27. The van der Waals surface area contributed by atoms with Gasteiger partial charge in [-0.3, -0.25) is 4.90 Å². The first-order chi connectivity index (χ1) is 16.8. The van der Waals surface area contributed by atoms with Gasteiger partial charge in [-0.05, 0) is 39.3 Å². The van der Waals surface area contributed by atoms with Gasteiger partial charge in [0.15, 0.2) is 11.5 Å². The van der Waals surface area contributed by atoms with E-state index >= 15 is 0 Å².